The van der Waals surface area contributed by atoms with Crippen molar-refractivity contribution < 1.29 is 23.4 Å². The SMILES string of the molecule is CN(C)C[C@@H](O)COC(C)(C)Cn1ccc(NC(=O)[C@H]2[C@H](c3cccc(Cl)c3F)[C@@](C#N)(c3ccc(Cl)cc3F)[C@H](CC(C)(C)C)N2CC2CC2)n1. The summed E-state index contributed by atoms with van der Waals surface area (Å²) in [5.41, 5.74) is -2.67. The molecular weight excluding hydrogens is 709 g/mol. The van der Waals surface area contributed by atoms with E-state index in [0.717, 1.165) is 18.9 Å². The van der Waals surface area contributed by atoms with E-state index in [2.05, 4.69) is 16.5 Å². The van der Waals surface area contributed by atoms with Crippen LogP contribution in [0.4, 0.5) is 14.6 Å². The van der Waals surface area contributed by atoms with Crippen molar-refractivity contribution in [1.82, 2.24) is 19.6 Å². The number of carbonyl (C=O) groups is 1. The number of hydrogen-bond donors (Lipinski definition) is 2. The summed E-state index contributed by atoms with van der Waals surface area (Å²) in [5, 5.41) is 29.3. The van der Waals surface area contributed by atoms with Crippen LogP contribution < -0.4 is 5.32 Å². The van der Waals surface area contributed by atoms with Crippen LogP contribution in [-0.4, -0.2) is 88.2 Å². The molecule has 0 radical (unpaired) electrons. The van der Waals surface area contributed by atoms with E-state index in [4.69, 9.17) is 27.9 Å². The quantitative estimate of drug-likeness (QED) is 0.178. The fourth-order valence-corrected chi connectivity index (χ4v) is 7.94. The van der Waals surface area contributed by atoms with Crippen LogP contribution in [0.15, 0.2) is 48.7 Å². The number of carbonyl (C=O) groups excluding carboxylic acids is 1. The lowest BCUT2D eigenvalue weighted by atomic mass is 9.62. The van der Waals surface area contributed by atoms with Gasteiger partial charge in [0.1, 0.15) is 17.0 Å². The van der Waals surface area contributed by atoms with Gasteiger partial charge in [-0.15, -0.1) is 0 Å². The highest BCUT2D eigenvalue weighted by Crippen LogP contribution is 2.57. The van der Waals surface area contributed by atoms with E-state index in [-0.39, 0.29) is 44.9 Å². The van der Waals surface area contributed by atoms with Crippen molar-refractivity contribution >= 4 is 34.9 Å². The number of aromatic nitrogens is 2. The summed E-state index contributed by atoms with van der Waals surface area (Å²) in [6, 6.07) is 11.1. The first-order valence-corrected chi connectivity index (χ1v) is 18.5. The molecule has 9 nitrogen and oxygen atoms in total. The fourth-order valence-electron chi connectivity index (χ4n) is 7.60. The van der Waals surface area contributed by atoms with Gasteiger partial charge in [-0.3, -0.25) is 14.4 Å². The number of benzene rings is 2. The first kappa shape index (κ1) is 40.1. The minimum absolute atomic E-state index is 0.0522. The molecule has 2 aliphatic rings. The maximum atomic E-state index is 16.3. The summed E-state index contributed by atoms with van der Waals surface area (Å²) in [5.74, 6) is -2.60. The van der Waals surface area contributed by atoms with Crippen LogP contribution in [0.5, 0.6) is 0 Å². The zero-order valence-corrected chi connectivity index (χ0v) is 32.5. The Morgan fingerprint density at radius 2 is 1.88 bits per heavy atom. The standard InChI is InChI=1S/C39H50Cl2F2N6O3/c1-37(2,3)18-31-39(22-44,28-14-13-25(40)17-30(28)42)33(27-9-8-10-29(41)34(27)43)35(49(31)19-24-11-12-24)36(51)45-32-15-16-48(46-32)23-38(4,5)52-21-26(50)20-47(6)7/h8-10,13-17,24,26,31,33,35,50H,11-12,18-21,23H2,1-7H3,(H,45,46,51)/t26-,31+,33+,35-,39+/m1/s1. The van der Waals surface area contributed by atoms with E-state index < -0.39 is 52.7 Å². The summed E-state index contributed by atoms with van der Waals surface area (Å²) in [6.45, 7) is 11.3. The normalized spacial score (nSPS) is 23.2. The van der Waals surface area contributed by atoms with Gasteiger partial charge in [0.25, 0.3) is 0 Å². The van der Waals surface area contributed by atoms with E-state index in [1.54, 1.807) is 23.0 Å². The van der Waals surface area contributed by atoms with Crippen molar-refractivity contribution in [2.45, 2.75) is 95.5 Å². The zero-order chi connectivity index (χ0) is 38.2. The number of nitriles is 1. The first-order valence-electron chi connectivity index (χ1n) is 17.7. The van der Waals surface area contributed by atoms with Crippen LogP contribution in [-0.2, 0) is 21.5 Å². The van der Waals surface area contributed by atoms with Gasteiger partial charge in [0, 0.05) is 47.9 Å². The smallest absolute Gasteiger partial charge is 0.243 e. The van der Waals surface area contributed by atoms with Crippen molar-refractivity contribution in [3.63, 3.8) is 0 Å². The average Bonchev–Trinajstić information content (AvgIpc) is 3.70. The Morgan fingerprint density at radius 1 is 1.17 bits per heavy atom. The molecule has 1 amide bonds. The molecule has 1 aliphatic heterocycles. The molecule has 1 saturated carbocycles. The number of anilines is 1. The van der Waals surface area contributed by atoms with Crippen molar-refractivity contribution in [1.29, 1.82) is 5.26 Å². The van der Waals surface area contributed by atoms with Crippen LogP contribution in [0.2, 0.25) is 10.0 Å². The molecule has 282 valence electrons. The number of amides is 1. The van der Waals surface area contributed by atoms with E-state index in [1.165, 1.54) is 24.3 Å². The molecule has 5 rings (SSSR count). The second kappa shape index (κ2) is 15.7. The van der Waals surface area contributed by atoms with Crippen LogP contribution in [0, 0.1) is 34.3 Å². The second-order valence-electron chi connectivity index (χ2n) is 16.5. The molecule has 13 heteroatoms. The van der Waals surface area contributed by atoms with Crippen LogP contribution in [0.1, 0.15) is 70.9 Å². The minimum Gasteiger partial charge on any atom is -0.389 e. The zero-order valence-electron chi connectivity index (χ0n) is 31.0. The third kappa shape index (κ3) is 8.98. The van der Waals surface area contributed by atoms with E-state index in [0.29, 0.717) is 26.1 Å². The van der Waals surface area contributed by atoms with Crippen LogP contribution in [0.3, 0.4) is 0 Å². The third-order valence-electron chi connectivity index (χ3n) is 9.89. The third-order valence-corrected chi connectivity index (χ3v) is 10.4. The largest absolute Gasteiger partial charge is 0.389 e. The Hall–Kier alpha value is -3.11. The first-order chi connectivity index (χ1) is 24.3. The number of aliphatic hydroxyl groups is 1. The topological polar surface area (TPSA) is 107 Å². The summed E-state index contributed by atoms with van der Waals surface area (Å²) in [7, 11) is 3.75. The number of likely N-dealkylation sites (tertiary alicyclic amines) is 1. The maximum Gasteiger partial charge on any atom is 0.243 e. The number of nitrogens with zero attached hydrogens (tertiary/aromatic N) is 5. The summed E-state index contributed by atoms with van der Waals surface area (Å²) in [4.78, 5) is 18.7. The van der Waals surface area contributed by atoms with Gasteiger partial charge < -0.3 is 20.1 Å². The minimum atomic E-state index is -1.72. The van der Waals surface area contributed by atoms with Gasteiger partial charge in [-0.2, -0.15) is 10.4 Å². The highest BCUT2D eigenvalue weighted by atomic mass is 35.5. The van der Waals surface area contributed by atoms with E-state index >= 15 is 8.78 Å². The van der Waals surface area contributed by atoms with Gasteiger partial charge in [-0.25, -0.2) is 8.78 Å². The number of likely N-dealkylation sites (N-methyl/N-ethyl adjacent to an activating group) is 1. The molecule has 1 saturated heterocycles. The molecule has 2 fully saturated rings. The lowest BCUT2D eigenvalue weighted by Gasteiger charge is -2.39. The Labute approximate surface area is 315 Å². The summed E-state index contributed by atoms with van der Waals surface area (Å²) in [6.07, 6.45) is 3.37. The Bertz CT molecular complexity index is 1790. The summed E-state index contributed by atoms with van der Waals surface area (Å²) < 4.78 is 40.2. The fraction of sp³-hybridized carbons (Fsp3) is 0.564. The highest BCUT2D eigenvalue weighted by molar-refractivity contribution is 6.31. The van der Waals surface area contributed by atoms with Gasteiger partial charge >= 0.3 is 0 Å². The molecule has 5 atom stereocenters. The maximum absolute atomic E-state index is 16.3. The molecule has 2 aromatic carbocycles. The van der Waals surface area contributed by atoms with Crippen molar-refractivity contribution in [3.8, 4) is 6.07 Å². The van der Waals surface area contributed by atoms with Crippen LogP contribution >= 0.6 is 23.2 Å². The lowest BCUT2D eigenvalue weighted by Crippen LogP contribution is -2.48. The number of halogens is 4. The van der Waals surface area contributed by atoms with Gasteiger partial charge in [-0.1, -0.05) is 62.2 Å². The average molecular weight is 760 g/mol. The lowest BCUT2D eigenvalue weighted by molar-refractivity contribution is -0.121. The Morgan fingerprint density at radius 3 is 2.50 bits per heavy atom. The second-order valence-corrected chi connectivity index (χ2v) is 17.3. The van der Waals surface area contributed by atoms with Crippen LogP contribution in [0.25, 0.3) is 0 Å². The molecule has 3 aromatic rings. The van der Waals surface area contributed by atoms with Crippen molar-refractivity contribution in [3.05, 3.63) is 81.5 Å². The van der Waals surface area contributed by atoms with Gasteiger partial charge in [0.15, 0.2) is 5.82 Å². The molecule has 2 heterocycles. The number of ether oxygens (including phenoxy) is 1. The Kier molecular flexibility index (Phi) is 12.1. The molecule has 1 aliphatic carbocycles. The van der Waals surface area contributed by atoms with Gasteiger partial charge in [-0.05, 0) is 82.3 Å². The number of hydrogen-bond acceptors (Lipinski definition) is 7. The van der Waals surface area contributed by atoms with E-state index in [9.17, 15) is 15.2 Å². The molecule has 2 N–H and O–H groups in total. The van der Waals surface area contributed by atoms with E-state index in [1.807, 2.05) is 58.5 Å². The molecular formula is C39H50Cl2F2N6O3. The van der Waals surface area contributed by atoms with Crippen molar-refractivity contribution in [2.24, 2.45) is 11.3 Å². The monoisotopic (exact) mass is 758 g/mol. The van der Waals surface area contributed by atoms with Crippen molar-refractivity contribution in [2.75, 3.05) is 39.1 Å². The molecule has 0 unspecified atom stereocenters. The number of aliphatic hydroxyl groups excluding tert-OH is 1. The van der Waals surface area contributed by atoms with Gasteiger partial charge in [0.05, 0.1) is 42.0 Å². The highest BCUT2D eigenvalue weighted by Gasteiger charge is 2.65. The number of rotatable bonds is 14. The number of nitrogens with one attached hydrogen (secondary N) is 1. The molecule has 1 aromatic heterocycles. The van der Waals surface area contributed by atoms with Gasteiger partial charge in [0.2, 0.25) is 5.91 Å². The predicted octanol–water partition coefficient (Wildman–Crippen LogP) is 7.27. The molecule has 0 spiro atoms. The predicted molar refractivity (Wildman–Crippen MR) is 199 cm³/mol. The Balaban J connectivity index is 1.58. The molecule has 0 bridgehead atoms. The molecule has 52 heavy (non-hydrogen) atoms. The summed E-state index contributed by atoms with van der Waals surface area (Å²) >= 11 is 12.6.